The van der Waals surface area contributed by atoms with Crippen molar-refractivity contribution in [1.82, 2.24) is 24.6 Å². The number of aryl methyl sites for hydroxylation is 3. The van der Waals surface area contributed by atoms with E-state index >= 15 is 0 Å². The van der Waals surface area contributed by atoms with Gasteiger partial charge < -0.3 is 15.3 Å². The standard InChI is InChI=1S/C35H40N6O/c1-2-25-15-17-27(18-16-25)24-41-33(20-19-26-10-4-3-5-11-26)38-39-35(41)32(40-21-9-8-14-31(40)34(36)42)22-28-23-37-30-13-7-6-12-29(28)30/h3-7,10-13,15-18,23,31-32,37H,2,8-9,14,19-22,24H2,1H3,(H2,36,42)/t31-,32-/m1/s1. The van der Waals surface area contributed by atoms with Crippen molar-refractivity contribution in [3.8, 4) is 0 Å². The molecule has 7 nitrogen and oxygen atoms in total. The summed E-state index contributed by atoms with van der Waals surface area (Å²) in [7, 11) is 0. The highest BCUT2D eigenvalue weighted by molar-refractivity contribution is 5.83. The zero-order valence-corrected chi connectivity index (χ0v) is 24.4. The maximum Gasteiger partial charge on any atom is 0.234 e. The van der Waals surface area contributed by atoms with Crippen LogP contribution in [0.3, 0.4) is 0 Å². The summed E-state index contributed by atoms with van der Waals surface area (Å²) >= 11 is 0. The molecule has 1 aliphatic rings. The lowest BCUT2D eigenvalue weighted by atomic mass is 9.95. The molecule has 42 heavy (non-hydrogen) atoms. The van der Waals surface area contributed by atoms with E-state index in [0.29, 0.717) is 13.0 Å². The van der Waals surface area contributed by atoms with Gasteiger partial charge in [0, 0.05) is 23.5 Å². The number of carbonyl (C=O) groups is 1. The highest BCUT2D eigenvalue weighted by atomic mass is 16.1. The lowest BCUT2D eigenvalue weighted by molar-refractivity contribution is -0.125. The van der Waals surface area contributed by atoms with Crippen LogP contribution >= 0.6 is 0 Å². The van der Waals surface area contributed by atoms with E-state index in [0.717, 1.165) is 62.2 Å². The van der Waals surface area contributed by atoms with Crippen molar-refractivity contribution in [2.24, 2.45) is 5.73 Å². The minimum Gasteiger partial charge on any atom is -0.368 e. The van der Waals surface area contributed by atoms with Crippen LogP contribution in [0, 0.1) is 0 Å². The molecule has 1 amide bonds. The van der Waals surface area contributed by atoms with Gasteiger partial charge in [-0.1, -0.05) is 86.1 Å². The molecule has 0 saturated carbocycles. The molecule has 1 aliphatic heterocycles. The van der Waals surface area contributed by atoms with Crippen LogP contribution in [0.4, 0.5) is 0 Å². The lowest BCUT2D eigenvalue weighted by Gasteiger charge is -2.39. The first-order valence-corrected chi connectivity index (χ1v) is 15.2. The van der Waals surface area contributed by atoms with Gasteiger partial charge in [-0.15, -0.1) is 10.2 Å². The second-order valence-electron chi connectivity index (χ2n) is 11.4. The number of aromatic amines is 1. The lowest BCUT2D eigenvalue weighted by Crippen LogP contribution is -2.50. The first-order chi connectivity index (χ1) is 20.6. The molecule has 0 spiro atoms. The normalized spacial score (nSPS) is 16.5. The van der Waals surface area contributed by atoms with E-state index in [2.05, 4.69) is 94.3 Å². The minimum absolute atomic E-state index is 0.144. The number of hydrogen-bond acceptors (Lipinski definition) is 4. The Bertz CT molecular complexity index is 1620. The molecule has 0 unspecified atom stereocenters. The van der Waals surface area contributed by atoms with Gasteiger partial charge in [0.25, 0.3) is 0 Å². The number of benzene rings is 3. The third-order valence-corrected chi connectivity index (χ3v) is 8.77. The molecule has 3 heterocycles. The van der Waals surface area contributed by atoms with E-state index in [9.17, 15) is 4.79 Å². The van der Waals surface area contributed by atoms with Crippen molar-refractivity contribution in [2.75, 3.05) is 6.54 Å². The van der Waals surface area contributed by atoms with Crippen LogP contribution in [0.25, 0.3) is 10.9 Å². The summed E-state index contributed by atoms with van der Waals surface area (Å²) in [6.07, 6.45) is 8.28. The third-order valence-electron chi connectivity index (χ3n) is 8.77. The minimum atomic E-state index is -0.323. The topological polar surface area (TPSA) is 92.8 Å². The van der Waals surface area contributed by atoms with E-state index in [4.69, 9.17) is 15.9 Å². The number of para-hydroxylation sites is 1. The summed E-state index contributed by atoms with van der Waals surface area (Å²) in [5.74, 6) is 1.60. The van der Waals surface area contributed by atoms with E-state index in [-0.39, 0.29) is 18.0 Å². The second kappa shape index (κ2) is 12.7. The number of H-pyrrole nitrogens is 1. The average Bonchev–Trinajstić information content (AvgIpc) is 3.63. The number of nitrogens with zero attached hydrogens (tertiary/aromatic N) is 4. The predicted octanol–water partition coefficient (Wildman–Crippen LogP) is 5.78. The van der Waals surface area contributed by atoms with Crippen LogP contribution in [0.2, 0.25) is 0 Å². The molecular formula is C35H40N6O. The highest BCUT2D eigenvalue weighted by Gasteiger charge is 2.36. The van der Waals surface area contributed by atoms with Crippen molar-refractivity contribution in [3.63, 3.8) is 0 Å². The van der Waals surface area contributed by atoms with Crippen LogP contribution in [-0.4, -0.2) is 43.1 Å². The fourth-order valence-corrected chi connectivity index (χ4v) is 6.41. The van der Waals surface area contributed by atoms with Gasteiger partial charge in [-0.25, -0.2) is 0 Å². The van der Waals surface area contributed by atoms with Gasteiger partial charge in [0.05, 0.1) is 18.6 Å². The first-order valence-electron chi connectivity index (χ1n) is 15.2. The molecule has 0 bridgehead atoms. The van der Waals surface area contributed by atoms with Crippen molar-refractivity contribution in [2.45, 2.75) is 70.5 Å². The summed E-state index contributed by atoms with van der Waals surface area (Å²) < 4.78 is 2.30. The van der Waals surface area contributed by atoms with Gasteiger partial charge in [-0.3, -0.25) is 9.69 Å². The highest BCUT2D eigenvalue weighted by Crippen LogP contribution is 2.33. The van der Waals surface area contributed by atoms with Crippen molar-refractivity contribution >= 4 is 16.8 Å². The average molecular weight is 561 g/mol. The Morgan fingerprint density at radius 3 is 2.48 bits per heavy atom. The number of rotatable bonds is 11. The van der Waals surface area contributed by atoms with Crippen LogP contribution in [0.15, 0.2) is 85.1 Å². The summed E-state index contributed by atoms with van der Waals surface area (Å²) in [4.78, 5) is 18.5. The molecule has 2 aromatic heterocycles. The molecule has 0 radical (unpaired) electrons. The second-order valence-corrected chi connectivity index (χ2v) is 11.4. The van der Waals surface area contributed by atoms with Gasteiger partial charge in [-0.05, 0) is 67.0 Å². The predicted molar refractivity (Wildman–Crippen MR) is 167 cm³/mol. The van der Waals surface area contributed by atoms with Crippen LogP contribution in [-0.2, 0) is 37.0 Å². The molecule has 1 saturated heterocycles. The van der Waals surface area contributed by atoms with Crippen molar-refractivity contribution in [3.05, 3.63) is 119 Å². The van der Waals surface area contributed by atoms with Gasteiger partial charge >= 0.3 is 0 Å². The first kappa shape index (κ1) is 27.9. The zero-order chi connectivity index (χ0) is 28.9. The van der Waals surface area contributed by atoms with Crippen LogP contribution in [0.5, 0.6) is 0 Å². The number of nitrogens with one attached hydrogen (secondary N) is 1. The number of piperidine rings is 1. The molecule has 7 heteroatoms. The Morgan fingerprint density at radius 1 is 0.929 bits per heavy atom. The molecule has 2 atom stereocenters. The Balaban J connectivity index is 1.42. The summed E-state index contributed by atoms with van der Waals surface area (Å²) in [5, 5.41) is 10.9. The number of fused-ring (bicyclic) bond motifs is 1. The molecule has 6 rings (SSSR count). The Hall–Kier alpha value is -4.23. The van der Waals surface area contributed by atoms with Gasteiger partial charge in [0.1, 0.15) is 5.82 Å². The molecule has 216 valence electrons. The number of aromatic nitrogens is 4. The molecule has 1 fully saturated rings. The molecular weight excluding hydrogens is 520 g/mol. The van der Waals surface area contributed by atoms with E-state index < -0.39 is 0 Å². The summed E-state index contributed by atoms with van der Waals surface area (Å²) in [5.41, 5.74) is 12.1. The number of amides is 1. The monoisotopic (exact) mass is 560 g/mol. The Kier molecular flexibility index (Phi) is 8.47. The van der Waals surface area contributed by atoms with Gasteiger partial charge in [-0.2, -0.15) is 0 Å². The fraction of sp³-hybridized carbons (Fsp3) is 0.343. The number of primary amides is 1. The maximum atomic E-state index is 12.7. The number of carbonyl (C=O) groups excluding carboxylic acids is 1. The van der Waals surface area contributed by atoms with Crippen LogP contribution in [0.1, 0.15) is 66.1 Å². The van der Waals surface area contributed by atoms with Crippen LogP contribution < -0.4 is 5.73 Å². The van der Waals surface area contributed by atoms with Gasteiger partial charge in [0.2, 0.25) is 5.91 Å². The maximum absolute atomic E-state index is 12.7. The van der Waals surface area contributed by atoms with E-state index in [1.54, 1.807) is 0 Å². The summed E-state index contributed by atoms with van der Waals surface area (Å²) in [6.45, 7) is 3.66. The summed E-state index contributed by atoms with van der Waals surface area (Å²) in [6, 6.07) is 27.3. The molecule has 5 aromatic rings. The third kappa shape index (κ3) is 6.02. The molecule has 0 aliphatic carbocycles. The largest absolute Gasteiger partial charge is 0.368 e. The quantitative estimate of drug-likeness (QED) is 0.214. The Labute approximate surface area is 247 Å². The number of nitrogens with two attached hydrogens (primary N) is 1. The molecule has 3 aromatic carbocycles. The number of hydrogen-bond donors (Lipinski definition) is 2. The Morgan fingerprint density at radius 2 is 1.69 bits per heavy atom. The van der Waals surface area contributed by atoms with Crippen molar-refractivity contribution < 1.29 is 4.79 Å². The fourth-order valence-electron chi connectivity index (χ4n) is 6.41. The van der Waals surface area contributed by atoms with E-state index in [1.807, 2.05) is 12.1 Å². The van der Waals surface area contributed by atoms with Crippen molar-refractivity contribution in [1.29, 1.82) is 0 Å². The smallest absolute Gasteiger partial charge is 0.234 e. The number of likely N-dealkylation sites (tertiary alicyclic amines) is 1. The SMILES string of the molecule is CCc1ccc(Cn2c(CCc3ccccc3)nnc2[C@@H](Cc2c[nH]c3ccccc23)N2CCCC[C@@H]2C(N)=O)cc1. The van der Waals surface area contributed by atoms with E-state index in [1.165, 1.54) is 27.6 Å². The van der Waals surface area contributed by atoms with Gasteiger partial charge in [0.15, 0.2) is 5.82 Å². The zero-order valence-electron chi connectivity index (χ0n) is 24.4. The molecule has 3 N–H and O–H groups in total.